The third-order valence-corrected chi connectivity index (χ3v) is 4.26. The van der Waals surface area contributed by atoms with Gasteiger partial charge in [0, 0.05) is 14.0 Å². The molecule has 1 amide bonds. The largest absolute Gasteiger partial charge is 0.472 e. The first-order valence-corrected chi connectivity index (χ1v) is 7.63. The van der Waals surface area contributed by atoms with Crippen LogP contribution < -0.4 is 9.80 Å². The van der Waals surface area contributed by atoms with E-state index in [-0.39, 0.29) is 12.5 Å². The van der Waals surface area contributed by atoms with Crippen LogP contribution in [-0.2, 0) is 19.1 Å². The second kappa shape index (κ2) is 5.61. The Morgan fingerprint density at radius 2 is 1.91 bits per heavy atom. The minimum atomic E-state index is -0.508. The summed E-state index contributed by atoms with van der Waals surface area (Å²) >= 11 is 0. The summed E-state index contributed by atoms with van der Waals surface area (Å²) in [6, 6.07) is 7.09. The summed E-state index contributed by atoms with van der Waals surface area (Å²) in [7, 11) is 1.90. The van der Waals surface area contributed by atoms with E-state index < -0.39 is 18.2 Å². The number of hydrogen-bond donors (Lipinski definition) is 0. The van der Waals surface area contributed by atoms with Gasteiger partial charge in [-0.3, -0.25) is 9.69 Å². The van der Waals surface area contributed by atoms with Crippen LogP contribution in [0.2, 0.25) is 0 Å². The molecular formula is C17H20N2O4. The Morgan fingerprint density at radius 3 is 2.52 bits per heavy atom. The van der Waals surface area contributed by atoms with Crippen molar-refractivity contribution in [3.05, 3.63) is 35.6 Å². The Balaban J connectivity index is 2.13. The number of nitrogens with zero attached hydrogens (tertiary/aromatic N) is 2. The number of rotatable bonds is 2. The number of fused-ring (bicyclic) bond motifs is 2. The number of likely N-dealkylation sites (N-methyl/N-ethyl adjacent to an activating group) is 1. The maximum absolute atomic E-state index is 12.4. The predicted molar refractivity (Wildman–Crippen MR) is 86.0 cm³/mol. The van der Waals surface area contributed by atoms with Gasteiger partial charge < -0.3 is 14.4 Å². The molecule has 1 aromatic rings. The molecule has 0 saturated heterocycles. The van der Waals surface area contributed by atoms with E-state index in [2.05, 4.69) is 0 Å². The molecule has 2 aliphatic rings. The molecule has 0 radical (unpaired) electrons. The molecule has 2 aliphatic heterocycles. The van der Waals surface area contributed by atoms with Gasteiger partial charge in [0.25, 0.3) is 0 Å². The Hall–Kier alpha value is -2.50. The van der Waals surface area contributed by atoms with Crippen molar-refractivity contribution in [2.45, 2.75) is 33.0 Å². The zero-order valence-electron chi connectivity index (χ0n) is 13.7. The van der Waals surface area contributed by atoms with Gasteiger partial charge in [-0.05, 0) is 26.0 Å². The Morgan fingerprint density at radius 1 is 1.26 bits per heavy atom. The zero-order chi connectivity index (χ0) is 16.7. The van der Waals surface area contributed by atoms with Crippen molar-refractivity contribution in [3.8, 4) is 0 Å². The van der Waals surface area contributed by atoms with Gasteiger partial charge in [-0.25, -0.2) is 4.79 Å². The van der Waals surface area contributed by atoms with Crippen molar-refractivity contribution in [1.82, 2.24) is 0 Å². The molecular weight excluding hydrogens is 296 g/mol. The highest BCUT2D eigenvalue weighted by atomic mass is 16.5. The van der Waals surface area contributed by atoms with E-state index in [1.54, 1.807) is 18.7 Å². The molecule has 6 heteroatoms. The van der Waals surface area contributed by atoms with Crippen LogP contribution in [0.1, 0.15) is 20.8 Å². The fraction of sp³-hybridized carbons (Fsp3) is 0.412. The Kier molecular flexibility index (Phi) is 3.75. The lowest BCUT2D eigenvalue weighted by Crippen LogP contribution is -2.56. The van der Waals surface area contributed by atoms with Crippen LogP contribution in [0.15, 0.2) is 35.6 Å². The van der Waals surface area contributed by atoms with Crippen LogP contribution >= 0.6 is 0 Å². The van der Waals surface area contributed by atoms with Crippen molar-refractivity contribution in [1.29, 1.82) is 0 Å². The van der Waals surface area contributed by atoms with E-state index in [1.807, 2.05) is 36.2 Å². The monoisotopic (exact) mass is 316 g/mol. The molecule has 1 aromatic carbocycles. The van der Waals surface area contributed by atoms with Crippen LogP contribution in [0.4, 0.5) is 11.4 Å². The maximum atomic E-state index is 12.4. The second-order valence-electron chi connectivity index (χ2n) is 5.63. The molecule has 2 atom stereocenters. The first kappa shape index (κ1) is 15.4. The fourth-order valence-electron chi connectivity index (χ4n) is 3.30. The quantitative estimate of drug-likeness (QED) is 0.782. The molecule has 0 bridgehead atoms. The average Bonchev–Trinajstić information content (AvgIpc) is 2.85. The molecule has 2 heterocycles. The molecule has 0 aliphatic carbocycles. The van der Waals surface area contributed by atoms with Gasteiger partial charge in [0.1, 0.15) is 17.4 Å². The maximum Gasteiger partial charge on any atom is 0.339 e. The first-order valence-electron chi connectivity index (χ1n) is 7.63. The van der Waals surface area contributed by atoms with Gasteiger partial charge in [-0.2, -0.15) is 0 Å². The van der Waals surface area contributed by atoms with E-state index in [4.69, 9.17) is 9.47 Å². The minimum absolute atomic E-state index is 0.138. The van der Waals surface area contributed by atoms with Crippen molar-refractivity contribution in [3.63, 3.8) is 0 Å². The van der Waals surface area contributed by atoms with Crippen LogP contribution in [0, 0.1) is 0 Å². The number of ether oxygens (including phenoxy) is 2. The van der Waals surface area contributed by atoms with Crippen molar-refractivity contribution < 1.29 is 19.1 Å². The summed E-state index contributed by atoms with van der Waals surface area (Å²) in [6.07, 6.45) is -0.437. The highest BCUT2D eigenvalue weighted by molar-refractivity contribution is 6.02. The van der Waals surface area contributed by atoms with Gasteiger partial charge in [0.15, 0.2) is 6.23 Å². The lowest BCUT2D eigenvalue weighted by molar-refractivity contribution is -0.138. The summed E-state index contributed by atoms with van der Waals surface area (Å²) in [5.74, 6) is -0.0680. The molecule has 0 saturated carbocycles. The lowest BCUT2D eigenvalue weighted by Gasteiger charge is -2.43. The normalized spacial score (nSPS) is 22.4. The van der Waals surface area contributed by atoms with E-state index in [0.29, 0.717) is 11.3 Å². The summed E-state index contributed by atoms with van der Waals surface area (Å²) in [5.41, 5.74) is 2.07. The van der Waals surface area contributed by atoms with Crippen LogP contribution in [0.3, 0.4) is 0 Å². The summed E-state index contributed by atoms with van der Waals surface area (Å²) in [5, 5.41) is 0. The number of para-hydroxylation sites is 2. The number of anilines is 2. The number of esters is 1. The SMILES string of the molecule is CCOC(=O)C1=C(C)O[C@H]2[C@@H]1N(C(C)=O)c1ccccc1N2C. The highest BCUT2D eigenvalue weighted by Crippen LogP contribution is 2.44. The third-order valence-electron chi connectivity index (χ3n) is 4.26. The smallest absolute Gasteiger partial charge is 0.339 e. The number of carbonyl (C=O) groups is 2. The van der Waals surface area contributed by atoms with Gasteiger partial charge >= 0.3 is 5.97 Å². The minimum Gasteiger partial charge on any atom is -0.472 e. The molecule has 0 unspecified atom stereocenters. The third kappa shape index (κ3) is 2.25. The van der Waals surface area contributed by atoms with Crippen molar-refractivity contribution in [2.75, 3.05) is 23.5 Å². The molecule has 3 rings (SSSR count). The van der Waals surface area contributed by atoms with Crippen molar-refractivity contribution in [2.24, 2.45) is 0 Å². The number of hydrogen-bond acceptors (Lipinski definition) is 5. The molecule has 23 heavy (non-hydrogen) atoms. The number of amides is 1. The van der Waals surface area contributed by atoms with Crippen LogP contribution in [0.5, 0.6) is 0 Å². The molecule has 0 spiro atoms. The highest BCUT2D eigenvalue weighted by Gasteiger charge is 2.50. The van der Waals surface area contributed by atoms with E-state index in [9.17, 15) is 9.59 Å². The predicted octanol–water partition coefficient (Wildman–Crippen LogP) is 2.05. The average molecular weight is 316 g/mol. The van der Waals surface area contributed by atoms with Crippen molar-refractivity contribution >= 4 is 23.3 Å². The van der Waals surface area contributed by atoms with E-state index in [1.165, 1.54) is 6.92 Å². The topological polar surface area (TPSA) is 59.1 Å². The summed E-state index contributed by atoms with van der Waals surface area (Å²) in [6.45, 7) is 5.27. The first-order chi connectivity index (χ1) is 11.0. The van der Waals surface area contributed by atoms with E-state index >= 15 is 0 Å². The molecule has 122 valence electrons. The molecule has 0 N–H and O–H groups in total. The van der Waals surface area contributed by atoms with Gasteiger partial charge in [-0.15, -0.1) is 0 Å². The Bertz CT molecular complexity index is 698. The van der Waals surface area contributed by atoms with Gasteiger partial charge in [0.2, 0.25) is 5.91 Å². The number of allylic oxidation sites excluding steroid dienone is 1. The number of carbonyl (C=O) groups excluding carboxylic acids is 2. The fourth-order valence-corrected chi connectivity index (χ4v) is 3.30. The molecule has 0 fully saturated rings. The lowest BCUT2D eigenvalue weighted by atomic mass is 9.99. The Labute approximate surface area is 135 Å². The van der Waals surface area contributed by atoms with Crippen LogP contribution in [0.25, 0.3) is 0 Å². The summed E-state index contributed by atoms with van der Waals surface area (Å²) < 4.78 is 11.1. The van der Waals surface area contributed by atoms with Gasteiger partial charge in [-0.1, -0.05) is 12.1 Å². The zero-order valence-corrected chi connectivity index (χ0v) is 13.7. The molecule has 0 aromatic heterocycles. The summed E-state index contributed by atoms with van der Waals surface area (Å²) in [4.78, 5) is 28.3. The molecule has 6 nitrogen and oxygen atoms in total. The van der Waals surface area contributed by atoms with Gasteiger partial charge in [0.05, 0.1) is 18.0 Å². The van der Waals surface area contributed by atoms with E-state index in [0.717, 1.165) is 11.4 Å². The second-order valence-corrected chi connectivity index (χ2v) is 5.63. The standard InChI is InChI=1S/C17H20N2O4/c1-5-22-17(21)14-10(2)23-16-15(14)19(11(3)20)13-9-7-6-8-12(13)18(16)4/h6-9,15-16H,5H2,1-4H3/t15-,16+/m1/s1. The van der Waals surface area contributed by atoms with Crippen LogP contribution in [-0.4, -0.2) is 37.8 Å². The number of benzene rings is 1.